The van der Waals surface area contributed by atoms with Crippen molar-refractivity contribution in [2.75, 3.05) is 41.0 Å². The Morgan fingerprint density at radius 2 is 2.00 bits per heavy atom. The summed E-state index contributed by atoms with van der Waals surface area (Å²) in [5, 5.41) is 23.3. The number of nitrogens with one attached hydrogen (secondary N) is 3. The number of fused-ring (bicyclic) bond motifs is 1. The number of carbonyl (C=O) groups excluding carboxylic acids is 2. The molecule has 0 aliphatic carbocycles. The molecule has 35 heavy (non-hydrogen) atoms. The van der Waals surface area contributed by atoms with Crippen molar-refractivity contribution >= 4 is 47.4 Å². The molecule has 1 aliphatic heterocycles. The van der Waals surface area contributed by atoms with Crippen molar-refractivity contribution in [3.05, 3.63) is 40.2 Å². The number of nitrogens with two attached hydrogens (primary N) is 1. The number of carbonyl (C=O) groups is 4. The van der Waals surface area contributed by atoms with E-state index in [1.54, 1.807) is 11.9 Å². The summed E-state index contributed by atoms with van der Waals surface area (Å²) in [7, 11) is 1.71. The average molecular weight is 487 g/mol. The predicted octanol–water partition coefficient (Wildman–Crippen LogP) is -0.707. The first-order valence-electron chi connectivity index (χ1n) is 10.5. The lowest BCUT2D eigenvalue weighted by atomic mass is 10.1. The number of aliphatic carboxylic acids is 2. The Morgan fingerprint density at radius 1 is 1.31 bits per heavy atom. The van der Waals surface area contributed by atoms with Crippen LogP contribution in [0.3, 0.4) is 0 Å². The van der Waals surface area contributed by atoms with Gasteiger partial charge in [-0.15, -0.1) is 0 Å². The summed E-state index contributed by atoms with van der Waals surface area (Å²) >= 11 is 0. The Hall–Kier alpha value is -4.62. The summed E-state index contributed by atoms with van der Waals surface area (Å²) in [6, 6.07) is 4.26. The van der Waals surface area contributed by atoms with E-state index in [0.717, 1.165) is 0 Å². The van der Waals surface area contributed by atoms with Crippen LogP contribution in [0, 0.1) is 0 Å². The summed E-state index contributed by atoms with van der Waals surface area (Å²) in [4.78, 5) is 68.2. The van der Waals surface area contributed by atoms with E-state index >= 15 is 0 Å². The molecule has 0 fully saturated rings. The van der Waals surface area contributed by atoms with Crippen molar-refractivity contribution in [3.63, 3.8) is 0 Å². The third-order valence-corrected chi connectivity index (χ3v) is 5.56. The maximum Gasteiger partial charge on any atom is 0.326 e. The second-order valence-corrected chi connectivity index (χ2v) is 7.90. The van der Waals surface area contributed by atoms with Crippen molar-refractivity contribution in [2.24, 2.45) is 0 Å². The number of carboxylic acids is 2. The number of nitrogen functional groups attached to an aromatic ring is 1. The topological polar surface area (TPSA) is 211 Å². The Labute approximate surface area is 198 Å². The zero-order valence-corrected chi connectivity index (χ0v) is 18.7. The highest BCUT2D eigenvalue weighted by atomic mass is 16.4. The van der Waals surface area contributed by atoms with Crippen LogP contribution in [0.2, 0.25) is 0 Å². The summed E-state index contributed by atoms with van der Waals surface area (Å²) in [5.74, 6) is -2.86. The molecule has 3 rings (SSSR count). The van der Waals surface area contributed by atoms with E-state index in [1.807, 2.05) is 0 Å². The van der Waals surface area contributed by atoms with Crippen LogP contribution in [0.25, 0.3) is 0 Å². The first kappa shape index (κ1) is 25.0. The maximum absolute atomic E-state index is 12.4. The van der Waals surface area contributed by atoms with Crippen molar-refractivity contribution < 1.29 is 29.4 Å². The van der Waals surface area contributed by atoms with Gasteiger partial charge in [0.1, 0.15) is 11.7 Å². The molecular formula is C21H25N7O7. The van der Waals surface area contributed by atoms with Gasteiger partial charge in [0.15, 0.2) is 5.82 Å². The second-order valence-electron chi connectivity index (χ2n) is 7.90. The first-order valence-corrected chi connectivity index (χ1v) is 10.5. The highest BCUT2D eigenvalue weighted by Gasteiger charge is 2.29. The fourth-order valence-corrected chi connectivity index (χ4v) is 3.66. The van der Waals surface area contributed by atoms with Crippen molar-refractivity contribution in [1.29, 1.82) is 0 Å². The van der Waals surface area contributed by atoms with Crippen LogP contribution >= 0.6 is 0 Å². The molecule has 7 N–H and O–H groups in total. The molecule has 2 unspecified atom stereocenters. The molecule has 0 radical (unpaired) electrons. The molecule has 14 heteroatoms. The van der Waals surface area contributed by atoms with Gasteiger partial charge < -0.3 is 36.4 Å². The zero-order chi connectivity index (χ0) is 25.7. The third kappa shape index (κ3) is 5.85. The summed E-state index contributed by atoms with van der Waals surface area (Å²) in [5.41, 5.74) is 6.08. The van der Waals surface area contributed by atoms with Gasteiger partial charge in [-0.25, -0.2) is 4.79 Å². The fourth-order valence-electron chi connectivity index (χ4n) is 3.66. The molecule has 186 valence electrons. The summed E-state index contributed by atoms with van der Waals surface area (Å²) in [6.07, 6.45) is -0.0462. The van der Waals surface area contributed by atoms with E-state index in [9.17, 15) is 29.1 Å². The lowest BCUT2D eigenvalue weighted by Gasteiger charge is -2.37. The quantitative estimate of drug-likeness (QED) is 0.230. The molecule has 14 nitrogen and oxygen atoms in total. The smallest absolute Gasteiger partial charge is 0.326 e. The van der Waals surface area contributed by atoms with Crippen molar-refractivity contribution in [3.8, 4) is 0 Å². The SMILES string of the molecule is CN1c2c(nc(N)[nH]c2=O)NCC1CN(C=O)c1ccc(C(=O)NC(CCC(=O)O)C(=O)O)cc1. The van der Waals surface area contributed by atoms with Gasteiger partial charge in [-0.1, -0.05) is 0 Å². The average Bonchev–Trinajstić information content (AvgIpc) is 2.80. The summed E-state index contributed by atoms with van der Waals surface area (Å²) < 4.78 is 0. The van der Waals surface area contributed by atoms with E-state index in [-0.39, 0.29) is 30.5 Å². The number of benzene rings is 1. The number of aromatic nitrogens is 2. The van der Waals surface area contributed by atoms with Crippen LogP contribution in [0.4, 0.5) is 23.1 Å². The van der Waals surface area contributed by atoms with E-state index in [2.05, 4.69) is 20.6 Å². The molecule has 1 aromatic carbocycles. The van der Waals surface area contributed by atoms with Gasteiger partial charge in [0.05, 0.1) is 6.04 Å². The van der Waals surface area contributed by atoms with E-state index in [0.29, 0.717) is 30.1 Å². The molecule has 2 aromatic rings. The van der Waals surface area contributed by atoms with Gasteiger partial charge in [-0.3, -0.25) is 24.2 Å². The fraction of sp³-hybridized carbons (Fsp3) is 0.333. The minimum absolute atomic E-state index is 0.0108. The lowest BCUT2D eigenvalue weighted by Crippen LogP contribution is -2.50. The van der Waals surface area contributed by atoms with Gasteiger partial charge in [0, 0.05) is 37.8 Å². The number of nitrogens with zero attached hydrogens (tertiary/aromatic N) is 3. The number of anilines is 4. The van der Waals surface area contributed by atoms with Crippen LogP contribution < -0.4 is 31.7 Å². The van der Waals surface area contributed by atoms with Crippen LogP contribution in [0.15, 0.2) is 29.1 Å². The number of carboxylic acid groups (broad SMARTS) is 2. The molecule has 0 saturated heterocycles. The monoisotopic (exact) mass is 487 g/mol. The number of likely N-dealkylation sites (N-methyl/N-ethyl adjacent to an activating group) is 1. The van der Waals surface area contributed by atoms with Crippen LogP contribution in [-0.2, 0) is 14.4 Å². The predicted molar refractivity (Wildman–Crippen MR) is 126 cm³/mol. The Bertz CT molecular complexity index is 1180. The molecule has 0 spiro atoms. The largest absolute Gasteiger partial charge is 0.481 e. The standard InChI is InChI=1S/C21H25N7O7/c1-27-13(8-23-17-16(27)19(33)26-21(22)25-17)9-28(10-29)12-4-2-11(3-5-12)18(32)24-14(20(34)35)6-7-15(30)31/h2-5,10,13-14H,6-9H2,1H3,(H,24,32)(H,30,31)(H,34,35)(H4,22,23,25,26,33). The third-order valence-electron chi connectivity index (χ3n) is 5.56. The number of hydrogen-bond acceptors (Lipinski definition) is 9. The minimum Gasteiger partial charge on any atom is -0.481 e. The molecule has 2 heterocycles. The second kappa shape index (κ2) is 10.5. The van der Waals surface area contributed by atoms with Gasteiger partial charge in [-0.2, -0.15) is 4.98 Å². The zero-order valence-electron chi connectivity index (χ0n) is 18.7. The number of aromatic amines is 1. The van der Waals surface area contributed by atoms with Gasteiger partial charge in [0.2, 0.25) is 12.4 Å². The Kier molecular flexibility index (Phi) is 7.53. The molecule has 1 aliphatic rings. The van der Waals surface area contributed by atoms with Crippen LogP contribution in [0.1, 0.15) is 23.2 Å². The molecule has 0 bridgehead atoms. The molecule has 2 amide bonds. The molecule has 2 atom stereocenters. The highest BCUT2D eigenvalue weighted by molar-refractivity contribution is 5.97. The van der Waals surface area contributed by atoms with Gasteiger partial charge >= 0.3 is 11.9 Å². The molecule has 0 saturated carbocycles. The number of hydrogen-bond donors (Lipinski definition) is 6. The summed E-state index contributed by atoms with van der Waals surface area (Å²) in [6.45, 7) is 0.592. The van der Waals surface area contributed by atoms with Crippen molar-refractivity contribution in [1.82, 2.24) is 15.3 Å². The maximum atomic E-state index is 12.4. The van der Waals surface area contributed by atoms with Crippen molar-refractivity contribution in [2.45, 2.75) is 24.9 Å². The number of amides is 2. The van der Waals surface area contributed by atoms with E-state index in [1.165, 1.54) is 29.2 Å². The molecular weight excluding hydrogens is 462 g/mol. The van der Waals surface area contributed by atoms with Gasteiger partial charge in [0.25, 0.3) is 11.5 Å². The Balaban J connectivity index is 1.69. The highest BCUT2D eigenvalue weighted by Crippen LogP contribution is 2.26. The first-order chi connectivity index (χ1) is 16.6. The lowest BCUT2D eigenvalue weighted by molar-refractivity contribution is -0.140. The van der Waals surface area contributed by atoms with Crippen LogP contribution in [0.5, 0.6) is 0 Å². The van der Waals surface area contributed by atoms with Crippen LogP contribution in [-0.4, -0.2) is 76.7 Å². The number of H-pyrrole nitrogens is 1. The van der Waals surface area contributed by atoms with E-state index < -0.39 is 35.9 Å². The number of rotatable bonds is 10. The minimum atomic E-state index is -1.35. The Morgan fingerprint density at radius 3 is 2.60 bits per heavy atom. The van der Waals surface area contributed by atoms with Gasteiger partial charge in [-0.05, 0) is 30.7 Å². The van der Waals surface area contributed by atoms with E-state index in [4.69, 9.17) is 10.8 Å². The normalized spacial score (nSPS) is 15.3. The molecule has 1 aromatic heterocycles.